The maximum absolute atomic E-state index is 12.0. The van der Waals surface area contributed by atoms with E-state index in [9.17, 15) is 9.59 Å². The Bertz CT molecular complexity index is 1170. The third-order valence-corrected chi connectivity index (χ3v) is 4.48. The van der Waals surface area contributed by atoms with E-state index in [2.05, 4.69) is 51.7 Å². The Kier molecular flexibility index (Phi) is 5.91. The van der Waals surface area contributed by atoms with Gasteiger partial charge in [-0.25, -0.2) is 0 Å². The van der Waals surface area contributed by atoms with Crippen LogP contribution >= 0.6 is 0 Å². The molecule has 6 heteroatoms. The standard InChI is InChI=1S/C19H17N3O.C3H6O2/c1-20-11-12-3-2-4-13(9-12)14-5-6-17-16(10-14)15-7-8-21-18(15)19(23)22-17;1-2-3(4)5/h2-10,20-21H,11H2,1H3,(H,22,23);2H2,1H3,(H,4,5). The lowest BCUT2D eigenvalue weighted by Crippen LogP contribution is -2.06. The molecule has 4 aromatic rings. The number of carbonyl (C=O) groups is 1. The SMILES string of the molecule is CCC(=O)O.CNCc1cccc(-c2ccc3[nH]c(=O)c4[nH]ccc4c3c2)c1. The fourth-order valence-corrected chi connectivity index (χ4v) is 3.09. The van der Waals surface area contributed by atoms with Gasteiger partial charge in [0.1, 0.15) is 5.52 Å². The molecule has 0 aliphatic carbocycles. The number of aromatic nitrogens is 2. The zero-order chi connectivity index (χ0) is 20.1. The van der Waals surface area contributed by atoms with Crippen molar-refractivity contribution in [3.8, 4) is 11.1 Å². The van der Waals surface area contributed by atoms with Crippen LogP contribution in [0.3, 0.4) is 0 Å². The molecule has 2 aromatic heterocycles. The van der Waals surface area contributed by atoms with Gasteiger partial charge in [0.05, 0.1) is 0 Å². The molecule has 4 rings (SSSR count). The van der Waals surface area contributed by atoms with Crippen molar-refractivity contribution in [3.63, 3.8) is 0 Å². The van der Waals surface area contributed by atoms with Crippen LogP contribution in [0.4, 0.5) is 0 Å². The van der Waals surface area contributed by atoms with Gasteiger partial charge in [-0.3, -0.25) is 9.59 Å². The number of carboxylic acids is 1. The van der Waals surface area contributed by atoms with Gasteiger partial charge in [-0.05, 0) is 48.0 Å². The van der Waals surface area contributed by atoms with E-state index < -0.39 is 5.97 Å². The average Bonchev–Trinajstić information content (AvgIpc) is 3.20. The Morgan fingerprint density at radius 2 is 1.82 bits per heavy atom. The molecular formula is C22H23N3O3. The van der Waals surface area contributed by atoms with Gasteiger partial charge in [-0.15, -0.1) is 0 Å². The first-order chi connectivity index (χ1) is 13.5. The predicted octanol–water partition coefficient (Wildman–Crippen LogP) is 3.88. The highest BCUT2D eigenvalue weighted by molar-refractivity contribution is 6.05. The molecule has 0 unspecified atom stereocenters. The van der Waals surface area contributed by atoms with Crippen molar-refractivity contribution in [2.24, 2.45) is 0 Å². The fraction of sp³-hybridized carbons (Fsp3) is 0.182. The minimum Gasteiger partial charge on any atom is -0.481 e. The Hall–Kier alpha value is -3.38. The zero-order valence-corrected chi connectivity index (χ0v) is 15.9. The Morgan fingerprint density at radius 3 is 2.54 bits per heavy atom. The lowest BCUT2D eigenvalue weighted by atomic mass is 10.00. The molecule has 0 atom stereocenters. The second-order valence-corrected chi connectivity index (χ2v) is 6.46. The highest BCUT2D eigenvalue weighted by atomic mass is 16.4. The van der Waals surface area contributed by atoms with Crippen molar-refractivity contribution >= 4 is 27.8 Å². The number of aromatic amines is 2. The van der Waals surface area contributed by atoms with E-state index in [-0.39, 0.29) is 12.0 Å². The van der Waals surface area contributed by atoms with E-state index in [4.69, 9.17) is 5.11 Å². The summed E-state index contributed by atoms with van der Waals surface area (Å²) in [5.41, 5.74) is 4.97. The maximum Gasteiger partial charge on any atom is 0.303 e. The molecule has 0 spiro atoms. The van der Waals surface area contributed by atoms with Crippen LogP contribution in [0.5, 0.6) is 0 Å². The maximum atomic E-state index is 12.0. The van der Waals surface area contributed by atoms with Gasteiger partial charge < -0.3 is 20.4 Å². The first kappa shape index (κ1) is 19.4. The summed E-state index contributed by atoms with van der Waals surface area (Å²) in [5, 5.41) is 12.9. The first-order valence-electron chi connectivity index (χ1n) is 9.12. The molecule has 4 N–H and O–H groups in total. The van der Waals surface area contributed by atoms with Crippen LogP contribution < -0.4 is 10.9 Å². The highest BCUT2D eigenvalue weighted by Crippen LogP contribution is 2.27. The van der Waals surface area contributed by atoms with Crippen molar-refractivity contribution in [3.05, 3.63) is 70.6 Å². The number of aliphatic carboxylic acids is 1. The number of H-pyrrole nitrogens is 2. The molecule has 0 aliphatic heterocycles. The van der Waals surface area contributed by atoms with Crippen molar-refractivity contribution in [2.75, 3.05) is 7.05 Å². The quantitative estimate of drug-likeness (QED) is 0.434. The van der Waals surface area contributed by atoms with E-state index in [0.717, 1.165) is 28.4 Å². The van der Waals surface area contributed by atoms with Crippen molar-refractivity contribution in [1.29, 1.82) is 0 Å². The van der Waals surface area contributed by atoms with Crippen LogP contribution in [0, 0.1) is 0 Å². The first-order valence-corrected chi connectivity index (χ1v) is 9.12. The smallest absolute Gasteiger partial charge is 0.303 e. The van der Waals surface area contributed by atoms with Crippen molar-refractivity contribution in [1.82, 2.24) is 15.3 Å². The molecule has 0 bridgehead atoms. The van der Waals surface area contributed by atoms with Gasteiger partial charge in [0.15, 0.2) is 0 Å². The lowest BCUT2D eigenvalue weighted by Gasteiger charge is -2.07. The number of benzene rings is 2. The van der Waals surface area contributed by atoms with Gasteiger partial charge in [-0.1, -0.05) is 31.2 Å². The Balaban J connectivity index is 0.000000403. The molecule has 6 nitrogen and oxygen atoms in total. The molecular weight excluding hydrogens is 354 g/mol. The second-order valence-electron chi connectivity index (χ2n) is 6.46. The van der Waals surface area contributed by atoms with Crippen molar-refractivity contribution in [2.45, 2.75) is 19.9 Å². The molecule has 0 aliphatic rings. The normalized spacial score (nSPS) is 10.6. The van der Waals surface area contributed by atoms with Crippen LogP contribution in [0.2, 0.25) is 0 Å². The van der Waals surface area contributed by atoms with E-state index >= 15 is 0 Å². The summed E-state index contributed by atoms with van der Waals surface area (Å²) < 4.78 is 0. The summed E-state index contributed by atoms with van der Waals surface area (Å²) in [6.45, 7) is 2.44. The Labute approximate surface area is 162 Å². The fourth-order valence-electron chi connectivity index (χ4n) is 3.09. The van der Waals surface area contributed by atoms with Crippen molar-refractivity contribution < 1.29 is 9.90 Å². The minimum atomic E-state index is -0.745. The number of nitrogens with one attached hydrogen (secondary N) is 3. The van der Waals surface area contributed by atoms with Gasteiger partial charge >= 0.3 is 5.97 Å². The molecule has 0 saturated heterocycles. The highest BCUT2D eigenvalue weighted by Gasteiger charge is 2.08. The number of pyridine rings is 1. The van der Waals surface area contributed by atoms with Crippen LogP contribution in [-0.4, -0.2) is 28.1 Å². The topological polar surface area (TPSA) is 98.0 Å². The van der Waals surface area contributed by atoms with E-state index in [0.29, 0.717) is 5.52 Å². The molecule has 28 heavy (non-hydrogen) atoms. The number of rotatable bonds is 4. The Morgan fingerprint density at radius 1 is 1.07 bits per heavy atom. The summed E-state index contributed by atoms with van der Waals surface area (Å²) in [7, 11) is 1.95. The summed E-state index contributed by atoms with van der Waals surface area (Å²) in [6.07, 6.45) is 2.03. The van der Waals surface area contributed by atoms with Gasteiger partial charge in [0.2, 0.25) is 0 Å². The number of hydrogen-bond acceptors (Lipinski definition) is 3. The summed E-state index contributed by atoms with van der Waals surface area (Å²) >= 11 is 0. The summed E-state index contributed by atoms with van der Waals surface area (Å²) in [4.78, 5) is 27.3. The number of fused-ring (bicyclic) bond motifs is 3. The number of carboxylic acid groups (broad SMARTS) is 1. The molecule has 144 valence electrons. The van der Waals surface area contributed by atoms with Gasteiger partial charge in [0.25, 0.3) is 5.56 Å². The lowest BCUT2D eigenvalue weighted by molar-refractivity contribution is -0.136. The molecule has 2 heterocycles. The summed E-state index contributed by atoms with van der Waals surface area (Å²) in [6, 6.07) is 16.6. The van der Waals surface area contributed by atoms with Crippen LogP contribution in [-0.2, 0) is 11.3 Å². The molecule has 0 radical (unpaired) electrons. The predicted molar refractivity (Wildman–Crippen MR) is 113 cm³/mol. The molecule has 2 aromatic carbocycles. The largest absolute Gasteiger partial charge is 0.481 e. The number of hydrogen-bond donors (Lipinski definition) is 4. The molecule has 0 amide bonds. The average molecular weight is 377 g/mol. The third kappa shape index (κ3) is 4.13. The van der Waals surface area contributed by atoms with E-state index in [1.54, 1.807) is 13.1 Å². The second kappa shape index (κ2) is 8.54. The van der Waals surface area contributed by atoms with Crippen LogP contribution in [0.25, 0.3) is 32.9 Å². The third-order valence-electron chi connectivity index (χ3n) is 4.48. The molecule has 0 saturated carbocycles. The zero-order valence-electron chi connectivity index (χ0n) is 15.9. The monoisotopic (exact) mass is 377 g/mol. The summed E-state index contributed by atoms with van der Waals surface area (Å²) in [5.74, 6) is -0.745. The van der Waals surface area contributed by atoms with Gasteiger partial charge in [0, 0.05) is 35.5 Å². The van der Waals surface area contributed by atoms with Crippen LogP contribution in [0.15, 0.2) is 59.5 Å². The molecule has 0 fully saturated rings. The minimum absolute atomic E-state index is 0.0822. The van der Waals surface area contributed by atoms with Crippen LogP contribution in [0.1, 0.15) is 18.9 Å². The van der Waals surface area contributed by atoms with E-state index in [1.165, 1.54) is 11.1 Å². The van der Waals surface area contributed by atoms with E-state index in [1.807, 2.05) is 19.2 Å². The van der Waals surface area contributed by atoms with Gasteiger partial charge in [-0.2, -0.15) is 0 Å².